The van der Waals surface area contributed by atoms with Crippen LogP contribution in [0.5, 0.6) is 5.75 Å². The normalized spacial score (nSPS) is 15.4. The zero-order valence-corrected chi connectivity index (χ0v) is 30.1. The lowest BCUT2D eigenvalue weighted by Gasteiger charge is -2.24. The minimum absolute atomic E-state index is 0.0263. The number of carbonyl (C=O) groups is 2. The zero-order chi connectivity index (χ0) is 37.3. The van der Waals surface area contributed by atoms with Gasteiger partial charge in [0.2, 0.25) is 0 Å². The van der Waals surface area contributed by atoms with Crippen molar-refractivity contribution in [2.45, 2.75) is 32.6 Å². The molecule has 3 aromatic heterocycles. The molecular weight excluding hydrogens is 701 g/mol. The lowest BCUT2D eigenvalue weighted by Crippen LogP contribution is -2.30. The zero-order valence-electron chi connectivity index (χ0n) is 29.3. The van der Waals surface area contributed by atoms with Gasteiger partial charge in [0.05, 0.1) is 79.9 Å². The number of aliphatic imine (C=N–C) groups is 1. The summed E-state index contributed by atoms with van der Waals surface area (Å²) in [6, 6.07) is 21.4. The standard InChI is InChI=1S/C38H42N6O8S/c45-37(46)35-5-1-3-30(41-35)23-43-12-15-49-17-19-51-20-18-50-16-13-44(24-31-4-2-6-36(42-31)38(47)48)26-33-22-34(21-32(25-43)40-33)52-14-11-28-7-9-29(10-8-28)39-27-53/h1-10,21-22H,11-20,23-26H2,(H,45,46)(H,47,48). The van der Waals surface area contributed by atoms with Crippen LogP contribution >= 0.6 is 12.2 Å². The maximum absolute atomic E-state index is 11.6. The predicted octanol–water partition coefficient (Wildman–Crippen LogP) is 4.69. The number of carboxylic acid groups (broad SMARTS) is 2. The van der Waals surface area contributed by atoms with Crippen LogP contribution in [-0.4, -0.2) is 111 Å². The molecule has 5 rings (SSSR count). The second-order valence-corrected chi connectivity index (χ2v) is 12.3. The highest BCUT2D eigenvalue weighted by molar-refractivity contribution is 7.78. The average molecular weight is 743 g/mol. The molecule has 0 unspecified atom stereocenters. The van der Waals surface area contributed by atoms with Crippen molar-refractivity contribution in [3.63, 3.8) is 0 Å². The highest BCUT2D eigenvalue weighted by Crippen LogP contribution is 2.20. The molecule has 53 heavy (non-hydrogen) atoms. The van der Waals surface area contributed by atoms with Gasteiger partial charge in [0, 0.05) is 57.8 Å². The molecule has 0 saturated heterocycles. The van der Waals surface area contributed by atoms with Crippen molar-refractivity contribution in [1.82, 2.24) is 24.8 Å². The molecule has 0 atom stereocenters. The van der Waals surface area contributed by atoms with Gasteiger partial charge >= 0.3 is 11.9 Å². The molecule has 4 heterocycles. The summed E-state index contributed by atoms with van der Waals surface area (Å²) in [6.07, 6.45) is 0.655. The summed E-state index contributed by atoms with van der Waals surface area (Å²) >= 11 is 4.70. The molecule has 0 aliphatic carbocycles. The number of rotatable bonds is 11. The lowest BCUT2D eigenvalue weighted by molar-refractivity contribution is 0.00533. The van der Waals surface area contributed by atoms with Gasteiger partial charge in [0.25, 0.3) is 0 Å². The first-order valence-electron chi connectivity index (χ1n) is 17.2. The van der Waals surface area contributed by atoms with Gasteiger partial charge in [0.15, 0.2) is 0 Å². The predicted molar refractivity (Wildman–Crippen MR) is 198 cm³/mol. The number of nitrogens with zero attached hydrogens (tertiary/aromatic N) is 6. The Morgan fingerprint density at radius 1 is 0.736 bits per heavy atom. The van der Waals surface area contributed by atoms with Crippen LogP contribution in [0.4, 0.5) is 5.69 Å². The first-order valence-corrected chi connectivity index (χ1v) is 17.6. The largest absolute Gasteiger partial charge is 0.493 e. The Morgan fingerprint density at radius 3 is 1.74 bits per heavy atom. The fraction of sp³-hybridized carbons (Fsp3) is 0.368. The van der Waals surface area contributed by atoms with Crippen LogP contribution in [0.3, 0.4) is 0 Å². The van der Waals surface area contributed by atoms with Crippen molar-refractivity contribution in [2.24, 2.45) is 4.99 Å². The van der Waals surface area contributed by atoms with E-state index < -0.39 is 11.9 Å². The van der Waals surface area contributed by atoms with Gasteiger partial charge in [-0.1, -0.05) is 24.3 Å². The van der Waals surface area contributed by atoms with E-state index in [9.17, 15) is 19.8 Å². The second kappa shape index (κ2) is 20.9. The van der Waals surface area contributed by atoms with Crippen LogP contribution in [0.25, 0.3) is 0 Å². The number of isothiocyanates is 1. The van der Waals surface area contributed by atoms with Crippen molar-refractivity contribution in [2.75, 3.05) is 59.3 Å². The van der Waals surface area contributed by atoms with Crippen molar-refractivity contribution < 1.29 is 38.7 Å². The van der Waals surface area contributed by atoms with Gasteiger partial charge in [-0.05, 0) is 54.2 Å². The SMILES string of the molecule is O=C(O)c1cccc(CN2CCOCCOCCOCCN(Cc3cccc(C(=O)O)n3)Cc3cc(OCCc4ccc(N=C=S)cc4)cc(n3)C2)n1. The second-order valence-electron chi connectivity index (χ2n) is 12.2. The third-order valence-corrected chi connectivity index (χ3v) is 8.21. The first kappa shape index (κ1) is 39.2. The number of pyridine rings is 3. The number of benzene rings is 1. The molecule has 1 aliphatic heterocycles. The van der Waals surface area contributed by atoms with E-state index in [0.29, 0.717) is 109 Å². The van der Waals surface area contributed by atoms with Gasteiger partial charge in [-0.3, -0.25) is 14.8 Å². The highest BCUT2D eigenvalue weighted by atomic mass is 32.1. The van der Waals surface area contributed by atoms with Crippen LogP contribution in [0.2, 0.25) is 0 Å². The van der Waals surface area contributed by atoms with Crippen molar-refractivity contribution >= 4 is 35.0 Å². The van der Waals surface area contributed by atoms with Gasteiger partial charge in [-0.15, -0.1) is 0 Å². The molecule has 1 aromatic carbocycles. The van der Waals surface area contributed by atoms with Gasteiger partial charge in [0.1, 0.15) is 17.1 Å². The number of ether oxygens (including phenoxy) is 4. The third kappa shape index (κ3) is 13.5. The number of hydrogen-bond acceptors (Lipinski definition) is 13. The van der Waals surface area contributed by atoms with Crippen molar-refractivity contribution in [1.29, 1.82) is 0 Å². The molecular formula is C38H42N6O8S. The summed E-state index contributed by atoms with van der Waals surface area (Å²) in [7, 11) is 0. The fourth-order valence-corrected chi connectivity index (χ4v) is 5.69. The van der Waals surface area contributed by atoms with Gasteiger partial charge in [-0.2, -0.15) is 4.99 Å². The van der Waals surface area contributed by atoms with E-state index in [1.807, 2.05) is 36.4 Å². The quantitative estimate of drug-likeness (QED) is 0.160. The smallest absolute Gasteiger partial charge is 0.354 e. The van der Waals surface area contributed by atoms with Crippen LogP contribution in [0, 0.1) is 0 Å². The summed E-state index contributed by atoms with van der Waals surface area (Å²) in [5.41, 5.74) is 4.44. The van der Waals surface area contributed by atoms with Gasteiger partial charge in [-0.25, -0.2) is 19.6 Å². The van der Waals surface area contributed by atoms with E-state index in [1.54, 1.807) is 24.3 Å². The molecule has 2 bridgehead atoms. The molecule has 15 heteroatoms. The summed E-state index contributed by atoms with van der Waals surface area (Å²) in [5, 5.41) is 21.4. The minimum Gasteiger partial charge on any atom is -0.493 e. The molecule has 278 valence electrons. The molecule has 0 spiro atoms. The molecule has 0 saturated carbocycles. The number of carboxylic acids is 2. The summed E-state index contributed by atoms with van der Waals surface area (Å²) in [6.45, 7) is 5.44. The van der Waals surface area contributed by atoms with Crippen LogP contribution in [-0.2, 0) is 46.8 Å². The van der Waals surface area contributed by atoms with Crippen LogP contribution < -0.4 is 4.74 Å². The molecule has 0 radical (unpaired) electrons. The molecule has 0 amide bonds. The maximum atomic E-state index is 11.6. The number of fused-ring (bicyclic) bond motifs is 2. The number of aromatic nitrogens is 3. The first-order chi connectivity index (χ1) is 25.8. The van der Waals surface area contributed by atoms with Crippen LogP contribution in [0.1, 0.15) is 49.3 Å². The lowest BCUT2D eigenvalue weighted by atomic mass is 10.1. The van der Waals surface area contributed by atoms with E-state index in [1.165, 1.54) is 12.1 Å². The molecule has 2 N–H and O–H groups in total. The molecule has 1 aliphatic rings. The van der Waals surface area contributed by atoms with Gasteiger partial charge < -0.3 is 29.2 Å². The molecule has 14 nitrogen and oxygen atoms in total. The van der Waals surface area contributed by atoms with E-state index in [0.717, 1.165) is 22.6 Å². The molecule has 4 aromatic rings. The minimum atomic E-state index is -1.09. The maximum Gasteiger partial charge on any atom is 0.354 e. The summed E-state index contributed by atoms with van der Waals surface area (Å²) in [5.74, 6) is -1.54. The topological polar surface area (TPSA) is 169 Å². The Labute approximate surface area is 313 Å². The Balaban J connectivity index is 1.42. The summed E-state index contributed by atoms with van der Waals surface area (Å²) < 4.78 is 23.7. The van der Waals surface area contributed by atoms with Crippen LogP contribution in [0.15, 0.2) is 77.8 Å². The number of hydrogen-bond donors (Lipinski definition) is 2. The van der Waals surface area contributed by atoms with E-state index in [-0.39, 0.29) is 11.4 Å². The third-order valence-electron chi connectivity index (χ3n) is 8.12. The summed E-state index contributed by atoms with van der Waals surface area (Å²) in [4.78, 5) is 45.2. The highest BCUT2D eigenvalue weighted by Gasteiger charge is 2.17. The van der Waals surface area contributed by atoms with Crippen molar-refractivity contribution in [3.8, 4) is 5.75 Å². The Kier molecular flexibility index (Phi) is 15.5. The number of thiocarbonyl (C=S) groups is 1. The average Bonchev–Trinajstić information content (AvgIpc) is 3.14. The van der Waals surface area contributed by atoms with E-state index in [2.05, 4.69) is 29.9 Å². The van der Waals surface area contributed by atoms with Crippen molar-refractivity contribution in [3.05, 3.63) is 113 Å². The Bertz CT molecular complexity index is 1760. The van der Waals surface area contributed by atoms with E-state index >= 15 is 0 Å². The molecule has 0 fully saturated rings. The van der Waals surface area contributed by atoms with E-state index in [4.69, 9.17) is 36.1 Å². The Hall–Kier alpha value is -4.99. The Morgan fingerprint density at radius 2 is 1.25 bits per heavy atom. The number of aromatic carboxylic acids is 2. The fourth-order valence-electron chi connectivity index (χ4n) is 5.59. The monoisotopic (exact) mass is 742 g/mol.